The number of aliphatic hydroxyl groups excluding tert-OH is 1. The number of nitrogens with one attached hydrogen (secondary N) is 1. The first-order chi connectivity index (χ1) is 9.82. The molecule has 0 bridgehead atoms. The molecule has 1 fully saturated rings. The maximum Gasteiger partial charge on any atom is 0.240 e. The zero-order valence-electron chi connectivity index (χ0n) is 12.5. The van der Waals surface area contributed by atoms with Gasteiger partial charge in [-0.15, -0.1) is 0 Å². The zero-order chi connectivity index (χ0) is 15.5. The number of sulfonamides is 1. The second-order valence-corrected chi connectivity index (χ2v) is 7.76. The van der Waals surface area contributed by atoms with Gasteiger partial charge in [0.2, 0.25) is 10.0 Å². The highest BCUT2D eigenvalue weighted by atomic mass is 32.2. The lowest BCUT2D eigenvalue weighted by atomic mass is 9.83. The lowest BCUT2D eigenvalue weighted by molar-refractivity contribution is 0.0264. The Morgan fingerprint density at radius 3 is 2.67 bits per heavy atom. The third-order valence-corrected chi connectivity index (χ3v) is 5.44. The fraction of sp³-hybridized carbons (Fsp3) is 0.600. The lowest BCUT2D eigenvalue weighted by Gasteiger charge is -2.33. The van der Waals surface area contributed by atoms with Gasteiger partial charge in [0.05, 0.1) is 11.0 Å². The first kappa shape index (κ1) is 16.4. The van der Waals surface area contributed by atoms with Crippen molar-refractivity contribution in [2.45, 2.75) is 37.7 Å². The van der Waals surface area contributed by atoms with E-state index in [9.17, 15) is 13.5 Å². The van der Waals surface area contributed by atoms with Crippen LogP contribution in [0.15, 0.2) is 29.2 Å². The molecule has 1 saturated heterocycles. The Kier molecular flexibility index (Phi) is 5.03. The molecule has 0 amide bonds. The Morgan fingerprint density at radius 2 is 2.05 bits per heavy atom. The van der Waals surface area contributed by atoms with E-state index in [0.29, 0.717) is 25.3 Å². The molecule has 1 aliphatic rings. The molecule has 1 atom stereocenters. The molecular formula is C15H23NO4S. The molecule has 0 spiro atoms. The summed E-state index contributed by atoms with van der Waals surface area (Å²) in [5.41, 5.74) is 0.530. The Morgan fingerprint density at radius 1 is 1.38 bits per heavy atom. The Hall–Kier alpha value is -0.950. The number of rotatable bonds is 5. The molecule has 0 saturated carbocycles. The van der Waals surface area contributed by atoms with Crippen LogP contribution in [0.4, 0.5) is 0 Å². The van der Waals surface area contributed by atoms with Crippen molar-refractivity contribution in [1.82, 2.24) is 4.72 Å². The van der Waals surface area contributed by atoms with E-state index in [1.54, 1.807) is 25.1 Å². The minimum absolute atomic E-state index is 0.0623. The highest BCUT2D eigenvalue weighted by Gasteiger charge is 2.29. The van der Waals surface area contributed by atoms with E-state index in [2.05, 4.69) is 11.6 Å². The van der Waals surface area contributed by atoms with Gasteiger partial charge in [-0.05, 0) is 42.9 Å². The van der Waals surface area contributed by atoms with Crippen LogP contribution in [0.2, 0.25) is 0 Å². The summed E-state index contributed by atoms with van der Waals surface area (Å²) < 4.78 is 32.7. The third-order valence-electron chi connectivity index (χ3n) is 4.04. The normalized spacial score (nSPS) is 20.1. The highest BCUT2D eigenvalue weighted by Crippen LogP contribution is 2.29. The standard InChI is InChI=1S/C15H23NO4S/c1-12(17)13-4-3-5-14(10-13)21(18,19)16-11-15(2)6-8-20-9-7-15/h3-5,10,12,16-17H,6-9,11H2,1-2H3. The molecule has 1 aliphatic heterocycles. The van der Waals surface area contributed by atoms with E-state index < -0.39 is 16.1 Å². The third kappa shape index (κ3) is 4.26. The van der Waals surface area contributed by atoms with Gasteiger partial charge in [0.15, 0.2) is 0 Å². The van der Waals surface area contributed by atoms with E-state index in [0.717, 1.165) is 12.8 Å². The van der Waals surface area contributed by atoms with E-state index >= 15 is 0 Å². The summed E-state index contributed by atoms with van der Waals surface area (Å²) in [7, 11) is -3.56. The molecule has 0 aromatic heterocycles. The van der Waals surface area contributed by atoms with Gasteiger partial charge in [-0.25, -0.2) is 13.1 Å². The van der Waals surface area contributed by atoms with Crippen LogP contribution in [0.1, 0.15) is 38.4 Å². The van der Waals surface area contributed by atoms with Crippen molar-refractivity contribution >= 4 is 10.0 Å². The Balaban J connectivity index is 2.09. The van der Waals surface area contributed by atoms with Gasteiger partial charge in [0, 0.05) is 19.8 Å². The fourth-order valence-corrected chi connectivity index (χ4v) is 3.59. The van der Waals surface area contributed by atoms with Gasteiger partial charge >= 0.3 is 0 Å². The molecule has 21 heavy (non-hydrogen) atoms. The van der Waals surface area contributed by atoms with Crippen molar-refractivity contribution in [3.8, 4) is 0 Å². The maximum absolute atomic E-state index is 12.4. The molecular weight excluding hydrogens is 290 g/mol. The Bertz CT molecular complexity index is 577. The van der Waals surface area contributed by atoms with E-state index in [1.807, 2.05) is 0 Å². The fourth-order valence-electron chi connectivity index (χ4n) is 2.34. The van der Waals surface area contributed by atoms with Crippen LogP contribution < -0.4 is 4.72 Å². The van der Waals surface area contributed by atoms with Crippen molar-refractivity contribution in [3.63, 3.8) is 0 Å². The molecule has 1 aromatic carbocycles. The number of hydrogen-bond donors (Lipinski definition) is 2. The predicted molar refractivity (Wildman–Crippen MR) is 80.4 cm³/mol. The number of benzene rings is 1. The lowest BCUT2D eigenvalue weighted by Crippen LogP contribution is -2.39. The quantitative estimate of drug-likeness (QED) is 0.869. The molecule has 6 heteroatoms. The topological polar surface area (TPSA) is 75.6 Å². The molecule has 118 valence electrons. The molecule has 2 N–H and O–H groups in total. The highest BCUT2D eigenvalue weighted by molar-refractivity contribution is 7.89. The molecule has 1 aromatic rings. The van der Waals surface area contributed by atoms with Crippen molar-refractivity contribution in [3.05, 3.63) is 29.8 Å². The Labute approximate surface area is 126 Å². The smallest absolute Gasteiger partial charge is 0.240 e. The van der Waals surface area contributed by atoms with Crippen molar-refractivity contribution < 1.29 is 18.3 Å². The summed E-state index contributed by atoms with van der Waals surface area (Å²) in [6, 6.07) is 6.41. The van der Waals surface area contributed by atoms with Crippen molar-refractivity contribution in [1.29, 1.82) is 0 Å². The second-order valence-electron chi connectivity index (χ2n) is 6.00. The number of aliphatic hydroxyl groups is 1. The molecule has 0 radical (unpaired) electrons. The largest absolute Gasteiger partial charge is 0.389 e. The van der Waals surface area contributed by atoms with Crippen LogP contribution in [0.3, 0.4) is 0 Å². The average Bonchev–Trinajstić information content (AvgIpc) is 2.46. The summed E-state index contributed by atoms with van der Waals surface area (Å²) >= 11 is 0. The van der Waals surface area contributed by atoms with Gasteiger partial charge in [-0.3, -0.25) is 0 Å². The minimum atomic E-state index is -3.56. The van der Waals surface area contributed by atoms with Gasteiger partial charge in [-0.2, -0.15) is 0 Å². The monoisotopic (exact) mass is 313 g/mol. The number of hydrogen-bond acceptors (Lipinski definition) is 4. The van der Waals surface area contributed by atoms with Crippen LogP contribution >= 0.6 is 0 Å². The predicted octanol–water partition coefficient (Wildman–Crippen LogP) is 1.83. The van der Waals surface area contributed by atoms with E-state index in [-0.39, 0.29) is 10.3 Å². The average molecular weight is 313 g/mol. The molecule has 1 unspecified atom stereocenters. The van der Waals surface area contributed by atoms with Gasteiger partial charge < -0.3 is 9.84 Å². The minimum Gasteiger partial charge on any atom is -0.389 e. The second kappa shape index (κ2) is 6.44. The van der Waals surface area contributed by atoms with E-state index in [4.69, 9.17) is 4.74 Å². The molecule has 2 rings (SSSR count). The first-order valence-corrected chi connectivity index (χ1v) is 8.66. The summed E-state index contributed by atoms with van der Waals surface area (Å²) in [4.78, 5) is 0.191. The maximum atomic E-state index is 12.4. The molecule has 5 nitrogen and oxygen atoms in total. The van der Waals surface area contributed by atoms with Gasteiger partial charge in [-0.1, -0.05) is 19.1 Å². The summed E-state index contributed by atoms with van der Waals surface area (Å²) in [6.07, 6.45) is 1.01. The van der Waals surface area contributed by atoms with Crippen LogP contribution in [0, 0.1) is 5.41 Å². The molecule has 1 heterocycles. The van der Waals surface area contributed by atoms with Crippen LogP contribution in [-0.2, 0) is 14.8 Å². The summed E-state index contributed by atoms with van der Waals surface area (Å²) in [6.45, 7) is 5.44. The summed E-state index contributed by atoms with van der Waals surface area (Å²) in [5.74, 6) is 0. The van der Waals surface area contributed by atoms with Crippen LogP contribution in [0.5, 0.6) is 0 Å². The number of ether oxygens (including phenoxy) is 1. The van der Waals surface area contributed by atoms with E-state index in [1.165, 1.54) is 6.07 Å². The van der Waals surface area contributed by atoms with Gasteiger partial charge in [0.1, 0.15) is 0 Å². The van der Waals surface area contributed by atoms with Gasteiger partial charge in [0.25, 0.3) is 0 Å². The van der Waals surface area contributed by atoms with Crippen LogP contribution in [0.25, 0.3) is 0 Å². The van der Waals surface area contributed by atoms with Crippen molar-refractivity contribution in [2.24, 2.45) is 5.41 Å². The summed E-state index contributed by atoms with van der Waals surface area (Å²) in [5, 5.41) is 9.56. The molecule has 0 aliphatic carbocycles. The zero-order valence-corrected chi connectivity index (χ0v) is 13.3. The SMILES string of the molecule is CC(O)c1cccc(S(=O)(=O)NCC2(C)CCOCC2)c1. The van der Waals surface area contributed by atoms with Crippen LogP contribution in [-0.4, -0.2) is 33.3 Å². The van der Waals surface area contributed by atoms with Crippen molar-refractivity contribution in [2.75, 3.05) is 19.8 Å². The first-order valence-electron chi connectivity index (χ1n) is 7.18.